The van der Waals surface area contributed by atoms with E-state index in [2.05, 4.69) is 9.58 Å². The van der Waals surface area contributed by atoms with Crippen LogP contribution >= 0.6 is 0 Å². The number of esters is 1. The second kappa shape index (κ2) is 3.75. The zero-order chi connectivity index (χ0) is 10.7. The fourth-order valence-electron chi connectivity index (χ4n) is 0.950. The Hall–Kier alpha value is -2.09. The van der Waals surface area contributed by atoms with Gasteiger partial charge in [0, 0.05) is 5.69 Å². The van der Waals surface area contributed by atoms with Crippen LogP contribution in [-0.4, -0.2) is 13.1 Å². The smallest absolute Gasteiger partial charge is 0.338 e. The van der Waals surface area contributed by atoms with Crippen LogP contribution in [0.5, 0.6) is 0 Å². The maximum atomic E-state index is 13.0. The van der Waals surface area contributed by atoms with Crippen LogP contribution < -0.4 is 5.73 Å². The van der Waals surface area contributed by atoms with Crippen molar-refractivity contribution in [2.75, 3.05) is 12.8 Å². The number of carbonyl (C=O) groups excluding carboxylic acids is 1. The Morgan fingerprint density at radius 3 is 2.79 bits per heavy atom. The quantitative estimate of drug-likeness (QED) is 0.421. The van der Waals surface area contributed by atoms with E-state index in [1.165, 1.54) is 7.11 Å². The fourth-order valence-corrected chi connectivity index (χ4v) is 0.950. The molecular weight excluding hydrogens is 187 g/mol. The molecule has 14 heavy (non-hydrogen) atoms. The number of benzene rings is 1. The predicted molar refractivity (Wildman–Crippen MR) is 48.4 cm³/mol. The Labute approximate surface area is 79.9 Å². The molecule has 0 aromatic heterocycles. The monoisotopic (exact) mass is 194 g/mol. The number of carbonyl (C=O) groups is 1. The van der Waals surface area contributed by atoms with Crippen LogP contribution in [0, 0.1) is 12.4 Å². The first-order valence-corrected chi connectivity index (χ1v) is 3.65. The highest BCUT2D eigenvalue weighted by Gasteiger charge is 2.14. The van der Waals surface area contributed by atoms with E-state index in [1.807, 2.05) is 0 Å². The van der Waals surface area contributed by atoms with E-state index in [4.69, 9.17) is 12.3 Å². The lowest BCUT2D eigenvalue weighted by molar-refractivity contribution is 0.0602. The Balaban J connectivity index is 3.33. The van der Waals surface area contributed by atoms with E-state index in [-0.39, 0.29) is 16.9 Å². The molecule has 0 spiro atoms. The largest absolute Gasteiger partial charge is 0.465 e. The summed E-state index contributed by atoms with van der Waals surface area (Å²) in [5, 5.41) is 0. The molecule has 1 rings (SSSR count). The number of methoxy groups -OCH3 is 1. The number of nitrogens with two attached hydrogens (primary N) is 1. The molecule has 0 heterocycles. The lowest BCUT2D eigenvalue weighted by atomic mass is 10.1. The molecule has 0 aliphatic carbocycles. The summed E-state index contributed by atoms with van der Waals surface area (Å²) in [6.07, 6.45) is 0. The van der Waals surface area contributed by atoms with E-state index >= 15 is 0 Å². The SMILES string of the molecule is [C-]#[N+]c1cc(C(=O)OC)c(N)cc1F. The van der Waals surface area contributed by atoms with E-state index in [0.717, 1.165) is 12.1 Å². The molecule has 1 aromatic carbocycles. The average Bonchev–Trinajstić information content (AvgIpc) is 2.17. The van der Waals surface area contributed by atoms with Crippen molar-refractivity contribution in [1.82, 2.24) is 0 Å². The molecule has 0 saturated heterocycles. The number of hydrogen-bond donors (Lipinski definition) is 1. The van der Waals surface area contributed by atoms with Crippen LogP contribution in [0.15, 0.2) is 12.1 Å². The van der Waals surface area contributed by atoms with Crippen LogP contribution in [-0.2, 0) is 4.74 Å². The van der Waals surface area contributed by atoms with Gasteiger partial charge in [-0.3, -0.25) is 0 Å². The van der Waals surface area contributed by atoms with Crippen LogP contribution in [0.4, 0.5) is 15.8 Å². The van der Waals surface area contributed by atoms with Gasteiger partial charge in [-0.1, -0.05) is 0 Å². The summed E-state index contributed by atoms with van der Waals surface area (Å²) in [4.78, 5) is 14.0. The third kappa shape index (κ3) is 1.64. The first kappa shape index (κ1) is 9.99. The van der Waals surface area contributed by atoms with E-state index in [0.29, 0.717) is 0 Å². The molecule has 5 heteroatoms. The fraction of sp³-hybridized carbons (Fsp3) is 0.111. The molecule has 0 fully saturated rings. The molecule has 0 aliphatic heterocycles. The number of hydrogen-bond acceptors (Lipinski definition) is 3. The summed E-state index contributed by atoms with van der Waals surface area (Å²) in [6, 6.07) is 2.00. The normalized spacial score (nSPS) is 9.21. The summed E-state index contributed by atoms with van der Waals surface area (Å²) in [5.41, 5.74) is 5.09. The van der Waals surface area contributed by atoms with Gasteiger partial charge in [0.15, 0.2) is 0 Å². The van der Waals surface area contributed by atoms with Crippen molar-refractivity contribution >= 4 is 17.3 Å². The standard InChI is InChI=1S/C9H7FN2O2/c1-12-8-3-5(9(13)14-2)7(11)4-6(8)10/h3-4H,11H2,2H3. The Morgan fingerprint density at radius 2 is 2.29 bits per heavy atom. The second-order valence-electron chi connectivity index (χ2n) is 2.49. The van der Waals surface area contributed by atoms with Crippen LogP contribution in [0.2, 0.25) is 0 Å². The number of nitrogens with zero attached hydrogens (tertiary/aromatic N) is 1. The molecule has 2 N–H and O–H groups in total. The summed E-state index contributed by atoms with van der Waals surface area (Å²) in [5.74, 6) is -1.43. The zero-order valence-electron chi connectivity index (χ0n) is 7.37. The number of anilines is 1. The molecule has 0 amide bonds. The molecule has 0 radical (unpaired) electrons. The Kier molecular flexibility index (Phi) is 2.67. The minimum absolute atomic E-state index is 0.0000926. The summed E-state index contributed by atoms with van der Waals surface area (Å²) >= 11 is 0. The molecule has 1 aromatic rings. The molecule has 0 saturated carbocycles. The van der Waals surface area contributed by atoms with Gasteiger partial charge in [-0.2, -0.15) is 0 Å². The minimum atomic E-state index is -0.745. The van der Waals surface area contributed by atoms with Gasteiger partial charge in [0.1, 0.15) is 5.82 Å². The van der Waals surface area contributed by atoms with Crippen molar-refractivity contribution in [1.29, 1.82) is 0 Å². The zero-order valence-corrected chi connectivity index (χ0v) is 7.37. The summed E-state index contributed by atoms with van der Waals surface area (Å²) < 4.78 is 17.4. The van der Waals surface area contributed by atoms with Gasteiger partial charge < -0.3 is 10.5 Å². The maximum Gasteiger partial charge on any atom is 0.338 e. The van der Waals surface area contributed by atoms with E-state index in [1.54, 1.807) is 0 Å². The van der Waals surface area contributed by atoms with Crippen LogP contribution in [0.1, 0.15) is 10.4 Å². The third-order valence-corrected chi connectivity index (χ3v) is 1.64. The van der Waals surface area contributed by atoms with Crippen molar-refractivity contribution in [3.8, 4) is 0 Å². The molecule has 0 bridgehead atoms. The van der Waals surface area contributed by atoms with Crippen LogP contribution in [0.25, 0.3) is 4.85 Å². The third-order valence-electron chi connectivity index (χ3n) is 1.64. The van der Waals surface area contributed by atoms with Gasteiger partial charge in [0.2, 0.25) is 5.69 Å². The topological polar surface area (TPSA) is 56.7 Å². The molecule has 0 unspecified atom stereocenters. The second-order valence-corrected chi connectivity index (χ2v) is 2.49. The number of nitrogen functional groups attached to an aromatic ring is 1. The Morgan fingerprint density at radius 1 is 1.64 bits per heavy atom. The molecule has 0 atom stereocenters. The van der Waals surface area contributed by atoms with E-state index in [9.17, 15) is 9.18 Å². The molecular formula is C9H7FN2O2. The van der Waals surface area contributed by atoms with Crippen molar-refractivity contribution in [3.63, 3.8) is 0 Å². The summed E-state index contributed by atoms with van der Waals surface area (Å²) in [7, 11) is 1.18. The van der Waals surface area contributed by atoms with Gasteiger partial charge in [-0.15, -0.1) is 0 Å². The van der Waals surface area contributed by atoms with Crippen molar-refractivity contribution in [2.24, 2.45) is 0 Å². The van der Waals surface area contributed by atoms with Gasteiger partial charge >= 0.3 is 5.97 Å². The van der Waals surface area contributed by atoms with Crippen molar-refractivity contribution in [2.45, 2.75) is 0 Å². The number of rotatable bonds is 1. The summed E-state index contributed by atoms with van der Waals surface area (Å²) in [6.45, 7) is 6.64. The lowest BCUT2D eigenvalue weighted by Crippen LogP contribution is -2.05. The van der Waals surface area contributed by atoms with Gasteiger partial charge in [-0.05, 0) is 12.1 Å². The van der Waals surface area contributed by atoms with Crippen molar-refractivity contribution in [3.05, 3.63) is 34.9 Å². The average molecular weight is 194 g/mol. The van der Waals surface area contributed by atoms with Gasteiger partial charge in [-0.25, -0.2) is 14.0 Å². The van der Waals surface area contributed by atoms with Crippen molar-refractivity contribution < 1.29 is 13.9 Å². The highest BCUT2D eigenvalue weighted by Crippen LogP contribution is 2.24. The van der Waals surface area contributed by atoms with Crippen LogP contribution in [0.3, 0.4) is 0 Å². The lowest BCUT2D eigenvalue weighted by Gasteiger charge is -2.04. The number of halogens is 1. The first-order valence-electron chi connectivity index (χ1n) is 3.65. The molecule has 0 aliphatic rings. The highest BCUT2D eigenvalue weighted by molar-refractivity contribution is 5.96. The highest BCUT2D eigenvalue weighted by atomic mass is 19.1. The van der Waals surface area contributed by atoms with Gasteiger partial charge in [0.25, 0.3) is 0 Å². The first-order chi connectivity index (χ1) is 6.60. The molecule has 72 valence electrons. The van der Waals surface area contributed by atoms with Gasteiger partial charge in [0.05, 0.1) is 19.2 Å². The molecule has 4 nitrogen and oxygen atoms in total. The maximum absolute atomic E-state index is 13.0. The Bertz CT molecular complexity index is 424. The predicted octanol–water partition coefficient (Wildman–Crippen LogP) is 1.75. The minimum Gasteiger partial charge on any atom is -0.465 e. The van der Waals surface area contributed by atoms with E-state index < -0.39 is 11.8 Å². The number of ether oxygens (including phenoxy) is 1.